The SMILES string of the molecule is O=C(COCc1ccccc1)N1CCN([C@H](C(=O)N2CCCC2)C2CCCC2)CC1. The van der Waals surface area contributed by atoms with E-state index in [1.54, 1.807) is 0 Å². The highest BCUT2D eigenvalue weighted by Gasteiger charge is 2.39. The fourth-order valence-electron chi connectivity index (χ4n) is 5.22. The van der Waals surface area contributed by atoms with Gasteiger partial charge in [0.15, 0.2) is 0 Å². The van der Waals surface area contributed by atoms with Gasteiger partial charge in [0.2, 0.25) is 11.8 Å². The Morgan fingerprint density at radius 3 is 2.20 bits per heavy atom. The van der Waals surface area contributed by atoms with Gasteiger partial charge in [0, 0.05) is 39.3 Å². The lowest BCUT2D eigenvalue weighted by molar-refractivity contribution is -0.142. The van der Waals surface area contributed by atoms with Gasteiger partial charge in [-0.25, -0.2) is 0 Å². The molecule has 0 unspecified atom stereocenters. The summed E-state index contributed by atoms with van der Waals surface area (Å²) in [6, 6.07) is 9.94. The molecule has 1 aromatic carbocycles. The minimum Gasteiger partial charge on any atom is -0.367 e. The Labute approximate surface area is 180 Å². The van der Waals surface area contributed by atoms with Crippen LogP contribution < -0.4 is 0 Å². The maximum atomic E-state index is 13.3. The third-order valence-electron chi connectivity index (χ3n) is 6.91. The Morgan fingerprint density at radius 1 is 0.867 bits per heavy atom. The van der Waals surface area contributed by atoms with Gasteiger partial charge in [0.25, 0.3) is 0 Å². The summed E-state index contributed by atoms with van der Waals surface area (Å²) in [5.41, 5.74) is 1.08. The molecule has 2 saturated heterocycles. The van der Waals surface area contributed by atoms with Gasteiger partial charge in [-0.2, -0.15) is 0 Å². The second kappa shape index (κ2) is 10.4. The number of hydrogen-bond acceptors (Lipinski definition) is 4. The average Bonchev–Trinajstić information content (AvgIpc) is 3.50. The molecule has 0 aromatic heterocycles. The Hall–Kier alpha value is -1.92. The Bertz CT molecular complexity index is 691. The number of benzene rings is 1. The van der Waals surface area contributed by atoms with Crippen LogP contribution in [0.5, 0.6) is 0 Å². The number of carbonyl (C=O) groups excluding carboxylic acids is 2. The maximum absolute atomic E-state index is 13.3. The van der Waals surface area contributed by atoms with Gasteiger partial charge in [-0.15, -0.1) is 0 Å². The number of carbonyl (C=O) groups is 2. The topological polar surface area (TPSA) is 53.1 Å². The van der Waals surface area contributed by atoms with Gasteiger partial charge >= 0.3 is 0 Å². The lowest BCUT2D eigenvalue weighted by atomic mass is 9.94. The smallest absolute Gasteiger partial charge is 0.248 e. The molecule has 3 aliphatic rings. The van der Waals surface area contributed by atoms with E-state index < -0.39 is 0 Å². The fourth-order valence-corrected chi connectivity index (χ4v) is 5.22. The molecular weight excluding hydrogens is 378 g/mol. The molecule has 1 aromatic rings. The number of amides is 2. The number of hydrogen-bond donors (Lipinski definition) is 0. The van der Waals surface area contributed by atoms with E-state index in [0.717, 1.165) is 57.4 Å². The van der Waals surface area contributed by atoms with Crippen molar-refractivity contribution in [2.75, 3.05) is 45.9 Å². The minimum atomic E-state index is 0.0113. The zero-order valence-electron chi connectivity index (χ0n) is 18.0. The van der Waals surface area contributed by atoms with Gasteiger partial charge < -0.3 is 14.5 Å². The fraction of sp³-hybridized carbons (Fsp3) is 0.667. The van der Waals surface area contributed by atoms with Crippen LogP contribution >= 0.6 is 0 Å². The molecule has 30 heavy (non-hydrogen) atoms. The van der Waals surface area contributed by atoms with Crippen molar-refractivity contribution >= 4 is 11.8 Å². The first-order chi connectivity index (χ1) is 14.7. The van der Waals surface area contributed by atoms with Crippen LogP contribution in [0, 0.1) is 5.92 Å². The molecular formula is C24H35N3O3. The lowest BCUT2D eigenvalue weighted by Crippen LogP contribution is -2.58. The third kappa shape index (κ3) is 5.22. The van der Waals surface area contributed by atoms with Crippen LogP contribution in [0.3, 0.4) is 0 Å². The molecule has 0 radical (unpaired) electrons. The molecule has 2 amide bonds. The van der Waals surface area contributed by atoms with Crippen molar-refractivity contribution in [1.82, 2.24) is 14.7 Å². The highest BCUT2D eigenvalue weighted by molar-refractivity contribution is 5.82. The zero-order valence-corrected chi connectivity index (χ0v) is 18.0. The van der Waals surface area contributed by atoms with Crippen LogP contribution in [0.15, 0.2) is 30.3 Å². The van der Waals surface area contributed by atoms with E-state index in [9.17, 15) is 9.59 Å². The first kappa shape index (κ1) is 21.3. The monoisotopic (exact) mass is 413 g/mol. The average molecular weight is 414 g/mol. The Balaban J connectivity index is 1.28. The summed E-state index contributed by atoms with van der Waals surface area (Å²) < 4.78 is 5.63. The highest BCUT2D eigenvalue weighted by Crippen LogP contribution is 2.32. The Morgan fingerprint density at radius 2 is 1.53 bits per heavy atom. The quantitative estimate of drug-likeness (QED) is 0.689. The van der Waals surface area contributed by atoms with Crippen molar-refractivity contribution in [1.29, 1.82) is 0 Å². The molecule has 3 fully saturated rings. The first-order valence-corrected chi connectivity index (χ1v) is 11.6. The van der Waals surface area contributed by atoms with Gasteiger partial charge in [-0.05, 0) is 37.2 Å². The normalized spacial score (nSPS) is 21.9. The summed E-state index contributed by atoms with van der Waals surface area (Å²) in [6.45, 7) is 5.34. The van der Waals surface area contributed by atoms with Crippen molar-refractivity contribution in [2.24, 2.45) is 5.92 Å². The minimum absolute atomic E-state index is 0.0113. The van der Waals surface area contributed by atoms with Gasteiger partial charge in [0.05, 0.1) is 12.6 Å². The number of likely N-dealkylation sites (tertiary alicyclic amines) is 1. The number of nitrogens with zero attached hydrogens (tertiary/aromatic N) is 3. The molecule has 6 heteroatoms. The summed E-state index contributed by atoms with van der Waals surface area (Å²) in [6.07, 6.45) is 7.08. The van der Waals surface area contributed by atoms with Crippen molar-refractivity contribution in [2.45, 2.75) is 51.2 Å². The second-order valence-electron chi connectivity index (χ2n) is 8.92. The van der Waals surface area contributed by atoms with Crippen LogP contribution in [-0.4, -0.2) is 78.4 Å². The molecule has 164 valence electrons. The molecule has 1 atom stereocenters. The summed E-state index contributed by atoms with van der Waals surface area (Å²) in [5.74, 6) is 0.869. The van der Waals surface area contributed by atoms with E-state index in [0.29, 0.717) is 31.5 Å². The van der Waals surface area contributed by atoms with Crippen LogP contribution in [0.1, 0.15) is 44.1 Å². The molecule has 2 heterocycles. The summed E-state index contributed by atoms with van der Waals surface area (Å²) in [7, 11) is 0. The standard InChI is InChI=1S/C24H35N3O3/c28-22(19-30-18-20-8-2-1-3-9-20)25-14-16-26(17-15-25)23(21-10-4-5-11-21)24(29)27-12-6-7-13-27/h1-3,8-9,21,23H,4-7,10-19H2/t23-/m0/s1. The van der Waals surface area contributed by atoms with Crippen molar-refractivity contribution in [3.05, 3.63) is 35.9 Å². The van der Waals surface area contributed by atoms with Gasteiger partial charge in [-0.1, -0.05) is 43.2 Å². The van der Waals surface area contributed by atoms with Gasteiger partial charge in [0.1, 0.15) is 6.61 Å². The molecule has 2 aliphatic heterocycles. The number of rotatable bonds is 7. The lowest BCUT2D eigenvalue weighted by Gasteiger charge is -2.42. The largest absolute Gasteiger partial charge is 0.367 e. The van der Waals surface area contributed by atoms with E-state index in [-0.39, 0.29) is 18.6 Å². The second-order valence-corrected chi connectivity index (χ2v) is 8.92. The molecule has 4 rings (SSSR count). The van der Waals surface area contributed by atoms with E-state index in [4.69, 9.17) is 4.74 Å². The van der Waals surface area contributed by atoms with Crippen LogP contribution in [0.2, 0.25) is 0 Å². The molecule has 0 N–H and O–H groups in total. The van der Waals surface area contributed by atoms with Crippen molar-refractivity contribution in [3.63, 3.8) is 0 Å². The third-order valence-corrected chi connectivity index (χ3v) is 6.91. The first-order valence-electron chi connectivity index (χ1n) is 11.6. The molecule has 0 spiro atoms. The van der Waals surface area contributed by atoms with E-state index in [1.807, 2.05) is 35.2 Å². The molecule has 6 nitrogen and oxygen atoms in total. The summed E-state index contributed by atoms with van der Waals surface area (Å²) >= 11 is 0. The van der Waals surface area contributed by atoms with Crippen molar-refractivity contribution < 1.29 is 14.3 Å². The van der Waals surface area contributed by atoms with E-state index >= 15 is 0 Å². The molecule has 1 aliphatic carbocycles. The highest BCUT2D eigenvalue weighted by atomic mass is 16.5. The molecule has 0 bridgehead atoms. The number of piperazine rings is 1. The maximum Gasteiger partial charge on any atom is 0.248 e. The van der Waals surface area contributed by atoms with Crippen molar-refractivity contribution in [3.8, 4) is 0 Å². The van der Waals surface area contributed by atoms with E-state index in [1.165, 1.54) is 12.8 Å². The van der Waals surface area contributed by atoms with E-state index in [2.05, 4.69) is 9.80 Å². The molecule has 1 saturated carbocycles. The Kier molecular flexibility index (Phi) is 7.39. The van der Waals surface area contributed by atoms with Crippen LogP contribution in [-0.2, 0) is 20.9 Å². The summed E-state index contributed by atoms with van der Waals surface area (Å²) in [4.78, 5) is 32.2. The predicted octanol–water partition coefficient (Wildman–Crippen LogP) is 2.53. The predicted molar refractivity (Wildman–Crippen MR) is 116 cm³/mol. The number of ether oxygens (including phenoxy) is 1. The summed E-state index contributed by atoms with van der Waals surface area (Å²) in [5, 5.41) is 0. The zero-order chi connectivity index (χ0) is 20.8. The van der Waals surface area contributed by atoms with Crippen LogP contribution in [0.25, 0.3) is 0 Å². The van der Waals surface area contributed by atoms with Gasteiger partial charge in [-0.3, -0.25) is 14.5 Å². The van der Waals surface area contributed by atoms with Crippen LogP contribution in [0.4, 0.5) is 0 Å².